The number of halogens is 1. The van der Waals surface area contributed by atoms with Crippen molar-refractivity contribution in [2.24, 2.45) is 11.8 Å². The molecule has 1 fully saturated rings. The van der Waals surface area contributed by atoms with Crippen LogP contribution in [0.1, 0.15) is 30.6 Å². The zero-order valence-electron chi connectivity index (χ0n) is 16.7. The number of nitrogens with zero attached hydrogens (tertiary/aromatic N) is 1. The molecule has 2 atom stereocenters. The Kier molecular flexibility index (Phi) is 6.24. The Morgan fingerprint density at radius 3 is 2.28 bits per heavy atom. The van der Waals surface area contributed by atoms with Crippen LogP contribution in [-0.2, 0) is 10.0 Å². The third-order valence-corrected chi connectivity index (χ3v) is 6.85. The first-order valence-corrected chi connectivity index (χ1v) is 10.9. The number of rotatable bonds is 5. The van der Waals surface area contributed by atoms with E-state index >= 15 is 0 Å². The lowest BCUT2D eigenvalue weighted by Gasteiger charge is -2.34. The lowest BCUT2D eigenvalue weighted by Crippen LogP contribution is -2.42. The van der Waals surface area contributed by atoms with Gasteiger partial charge >= 0.3 is 0 Å². The van der Waals surface area contributed by atoms with Gasteiger partial charge in [0.25, 0.3) is 5.91 Å². The van der Waals surface area contributed by atoms with E-state index in [1.54, 1.807) is 0 Å². The quantitative estimate of drug-likeness (QED) is 0.799. The van der Waals surface area contributed by atoms with E-state index in [2.05, 4.69) is 19.2 Å². The first kappa shape index (κ1) is 21.3. The van der Waals surface area contributed by atoms with Crippen molar-refractivity contribution < 1.29 is 22.3 Å². The number of carbonyl (C=O) groups is 1. The minimum atomic E-state index is -3.59. The van der Waals surface area contributed by atoms with E-state index in [-0.39, 0.29) is 10.5 Å². The molecule has 1 aliphatic rings. The van der Waals surface area contributed by atoms with E-state index in [9.17, 15) is 17.6 Å². The molecule has 0 radical (unpaired) electrons. The molecule has 156 valence electrons. The second-order valence-electron chi connectivity index (χ2n) is 7.59. The number of benzene rings is 2. The maximum atomic E-state index is 14.1. The van der Waals surface area contributed by atoms with Gasteiger partial charge in [0.1, 0.15) is 11.6 Å². The number of piperidine rings is 1. The summed E-state index contributed by atoms with van der Waals surface area (Å²) in [6, 6.07) is 9.88. The highest BCUT2D eigenvalue weighted by molar-refractivity contribution is 7.89. The summed E-state index contributed by atoms with van der Waals surface area (Å²) in [5.74, 6) is -0.387. The lowest BCUT2D eigenvalue weighted by atomic mass is 9.94. The molecule has 0 spiro atoms. The molecule has 2 aromatic rings. The van der Waals surface area contributed by atoms with Gasteiger partial charge in [0, 0.05) is 24.8 Å². The van der Waals surface area contributed by atoms with Crippen molar-refractivity contribution >= 4 is 21.6 Å². The molecule has 8 heteroatoms. The van der Waals surface area contributed by atoms with Crippen LogP contribution in [0.15, 0.2) is 47.4 Å². The van der Waals surface area contributed by atoms with E-state index in [0.29, 0.717) is 36.4 Å². The second-order valence-corrected chi connectivity index (χ2v) is 9.53. The fourth-order valence-electron chi connectivity index (χ4n) is 3.67. The number of hydrogen-bond donors (Lipinski definition) is 1. The van der Waals surface area contributed by atoms with Gasteiger partial charge in [0.15, 0.2) is 0 Å². The summed E-state index contributed by atoms with van der Waals surface area (Å²) in [4.78, 5) is 12.5. The van der Waals surface area contributed by atoms with Crippen LogP contribution in [0.5, 0.6) is 5.75 Å². The summed E-state index contributed by atoms with van der Waals surface area (Å²) in [5.41, 5.74) is 0.253. The molecule has 0 saturated carbocycles. The number of hydrogen-bond acceptors (Lipinski definition) is 4. The SMILES string of the molecule is COc1ccc(C(=O)Nc2ccc(S(=O)(=O)N3C[C@H](C)C[C@H](C)C3)cc2)c(F)c1. The van der Waals surface area contributed by atoms with Gasteiger partial charge in [-0.2, -0.15) is 4.31 Å². The van der Waals surface area contributed by atoms with Crippen molar-refractivity contribution in [2.75, 3.05) is 25.5 Å². The number of nitrogens with one attached hydrogen (secondary N) is 1. The zero-order valence-corrected chi connectivity index (χ0v) is 17.5. The van der Waals surface area contributed by atoms with Crippen molar-refractivity contribution in [2.45, 2.75) is 25.2 Å². The van der Waals surface area contributed by atoms with Crippen LogP contribution in [0.3, 0.4) is 0 Å². The van der Waals surface area contributed by atoms with Crippen LogP contribution in [-0.4, -0.2) is 38.8 Å². The molecule has 6 nitrogen and oxygen atoms in total. The first-order valence-electron chi connectivity index (χ1n) is 9.46. The highest BCUT2D eigenvalue weighted by atomic mass is 32.2. The Hall–Kier alpha value is -2.45. The van der Waals surface area contributed by atoms with Crippen molar-refractivity contribution in [1.82, 2.24) is 4.31 Å². The zero-order chi connectivity index (χ0) is 21.2. The molecule has 3 rings (SSSR count). The molecule has 1 heterocycles. The smallest absolute Gasteiger partial charge is 0.258 e. The van der Waals surface area contributed by atoms with Gasteiger partial charge in [-0.25, -0.2) is 12.8 Å². The van der Waals surface area contributed by atoms with E-state index in [1.165, 1.54) is 47.8 Å². The van der Waals surface area contributed by atoms with Gasteiger partial charge in [-0.15, -0.1) is 0 Å². The van der Waals surface area contributed by atoms with Gasteiger partial charge < -0.3 is 10.1 Å². The predicted octanol–water partition coefficient (Wildman–Crippen LogP) is 3.75. The van der Waals surface area contributed by atoms with Crippen LogP contribution in [0, 0.1) is 17.7 Å². The highest BCUT2D eigenvalue weighted by Crippen LogP contribution is 2.27. The highest BCUT2D eigenvalue weighted by Gasteiger charge is 2.31. The van der Waals surface area contributed by atoms with Crippen LogP contribution in [0.2, 0.25) is 0 Å². The number of anilines is 1. The van der Waals surface area contributed by atoms with Crippen LogP contribution >= 0.6 is 0 Å². The summed E-state index contributed by atoms with van der Waals surface area (Å²) in [6.45, 7) is 5.11. The molecule has 2 aromatic carbocycles. The molecule has 0 unspecified atom stereocenters. The third-order valence-electron chi connectivity index (χ3n) is 5.01. The molecule has 0 aliphatic carbocycles. The second kappa shape index (κ2) is 8.51. The molecule has 1 saturated heterocycles. The fourth-order valence-corrected chi connectivity index (χ4v) is 5.35. The maximum Gasteiger partial charge on any atom is 0.258 e. The molecule has 29 heavy (non-hydrogen) atoms. The Labute approximate surface area is 170 Å². The van der Waals surface area contributed by atoms with E-state index in [0.717, 1.165) is 12.5 Å². The fraction of sp³-hybridized carbons (Fsp3) is 0.381. The number of ether oxygens (including phenoxy) is 1. The van der Waals surface area contributed by atoms with E-state index < -0.39 is 21.7 Å². The first-order chi connectivity index (χ1) is 13.7. The van der Waals surface area contributed by atoms with Crippen molar-refractivity contribution in [3.05, 3.63) is 53.8 Å². The lowest BCUT2D eigenvalue weighted by molar-refractivity contribution is 0.102. The Balaban J connectivity index is 1.74. The monoisotopic (exact) mass is 420 g/mol. The van der Waals surface area contributed by atoms with Gasteiger partial charge in [-0.1, -0.05) is 13.8 Å². The molecule has 1 amide bonds. The van der Waals surface area contributed by atoms with E-state index in [1.807, 2.05) is 0 Å². The molecular formula is C21H25FN2O4S. The molecule has 0 bridgehead atoms. The Morgan fingerprint density at radius 1 is 1.10 bits per heavy atom. The topological polar surface area (TPSA) is 75.7 Å². The number of amides is 1. The minimum Gasteiger partial charge on any atom is -0.497 e. The van der Waals surface area contributed by atoms with E-state index in [4.69, 9.17) is 4.74 Å². The summed E-state index contributed by atoms with van der Waals surface area (Å²) in [6.07, 6.45) is 1.01. The molecular weight excluding hydrogens is 395 g/mol. The summed E-state index contributed by atoms with van der Waals surface area (Å²) >= 11 is 0. The van der Waals surface area contributed by atoms with Crippen LogP contribution < -0.4 is 10.1 Å². The number of sulfonamides is 1. The summed E-state index contributed by atoms with van der Waals surface area (Å²) in [5, 5.41) is 2.58. The summed E-state index contributed by atoms with van der Waals surface area (Å²) in [7, 11) is -2.18. The van der Waals surface area contributed by atoms with Gasteiger partial charge in [0.2, 0.25) is 10.0 Å². The minimum absolute atomic E-state index is 0.126. The normalized spacial score (nSPS) is 20.3. The number of methoxy groups -OCH3 is 1. The van der Waals surface area contributed by atoms with Gasteiger partial charge in [-0.05, 0) is 54.7 Å². The Morgan fingerprint density at radius 2 is 1.72 bits per heavy atom. The van der Waals surface area contributed by atoms with Crippen molar-refractivity contribution in [3.8, 4) is 5.75 Å². The average molecular weight is 421 g/mol. The maximum absolute atomic E-state index is 14.1. The van der Waals surface area contributed by atoms with Crippen LogP contribution in [0.25, 0.3) is 0 Å². The number of carbonyl (C=O) groups excluding carboxylic acids is 1. The van der Waals surface area contributed by atoms with Gasteiger partial charge in [0.05, 0.1) is 17.6 Å². The average Bonchev–Trinajstić information content (AvgIpc) is 2.67. The standard InChI is InChI=1S/C21H25FN2O4S/c1-14-10-15(2)13-24(12-14)29(26,27)18-7-4-16(5-8-18)23-21(25)19-9-6-17(28-3)11-20(19)22/h4-9,11,14-15H,10,12-13H2,1-3H3,(H,23,25)/t14-,15+. The molecule has 1 aliphatic heterocycles. The van der Waals surface area contributed by atoms with Crippen LogP contribution in [0.4, 0.5) is 10.1 Å². The van der Waals surface area contributed by atoms with Gasteiger partial charge in [-0.3, -0.25) is 4.79 Å². The summed E-state index contributed by atoms with van der Waals surface area (Å²) < 4.78 is 46.3. The predicted molar refractivity (Wildman–Crippen MR) is 109 cm³/mol. The Bertz CT molecular complexity index is 982. The largest absolute Gasteiger partial charge is 0.497 e. The van der Waals surface area contributed by atoms with Crippen molar-refractivity contribution in [3.63, 3.8) is 0 Å². The molecule has 0 aromatic heterocycles. The van der Waals surface area contributed by atoms with Crippen molar-refractivity contribution in [1.29, 1.82) is 0 Å². The molecule has 1 N–H and O–H groups in total. The third kappa shape index (κ3) is 4.76.